The molecule has 1 aromatic carbocycles. The minimum Gasteiger partial charge on any atom is -0.458 e. The maximum absolute atomic E-state index is 10.9. The monoisotopic (exact) mass is 252 g/mol. The van der Waals surface area contributed by atoms with Crippen LogP contribution in [-0.4, -0.2) is 16.2 Å². The smallest absolute Gasteiger partial charge is 0.303 e. The van der Waals surface area contributed by atoms with Crippen LogP contribution in [0, 0.1) is 0 Å². The predicted octanol–water partition coefficient (Wildman–Crippen LogP) is 2.42. The molecule has 1 rings (SSSR count). The van der Waals surface area contributed by atoms with Crippen LogP contribution >= 0.6 is 0 Å². The zero-order chi connectivity index (χ0) is 13.9. The summed E-state index contributed by atoms with van der Waals surface area (Å²) in [7, 11) is 0. The third-order valence-electron chi connectivity index (χ3n) is 2.78. The fourth-order valence-electron chi connectivity index (χ4n) is 1.74. The molecule has 0 aromatic heterocycles. The first-order chi connectivity index (χ1) is 8.31. The summed E-state index contributed by atoms with van der Waals surface area (Å²) in [4.78, 5) is 10.9. The van der Waals surface area contributed by atoms with Gasteiger partial charge in [-0.3, -0.25) is 4.79 Å². The van der Waals surface area contributed by atoms with Crippen LogP contribution in [0.2, 0.25) is 0 Å². The summed E-state index contributed by atoms with van der Waals surface area (Å²) in [6, 6.07) is 5.31. The van der Waals surface area contributed by atoms with Crippen LogP contribution in [0.4, 0.5) is 0 Å². The van der Waals surface area contributed by atoms with Crippen molar-refractivity contribution in [1.82, 2.24) is 0 Å². The van der Waals surface area contributed by atoms with Gasteiger partial charge in [-0.2, -0.15) is 0 Å². The highest BCUT2D eigenvalue weighted by molar-refractivity contribution is 5.66. The molecule has 18 heavy (non-hydrogen) atoms. The Kier molecular flexibility index (Phi) is 4.87. The van der Waals surface area contributed by atoms with E-state index in [2.05, 4.69) is 0 Å². The largest absolute Gasteiger partial charge is 0.458 e. The predicted molar refractivity (Wildman–Crippen MR) is 67.9 cm³/mol. The van der Waals surface area contributed by atoms with Crippen molar-refractivity contribution in [2.24, 2.45) is 0 Å². The van der Waals surface area contributed by atoms with Crippen molar-refractivity contribution in [1.29, 1.82) is 0 Å². The molecule has 0 saturated heterocycles. The van der Waals surface area contributed by atoms with Crippen molar-refractivity contribution in [3.8, 4) is 0 Å². The van der Waals surface area contributed by atoms with Gasteiger partial charge in [0.2, 0.25) is 0 Å². The summed E-state index contributed by atoms with van der Waals surface area (Å²) in [6.45, 7) is 6.42. The molecule has 4 nitrogen and oxygen atoms in total. The molecule has 0 heterocycles. The van der Waals surface area contributed by atoms with Gasteiger partial charge < -0.3 is 14.9 Å². The molecule has 0 radical (unpaired) electrons. The third-order valence-corrected chi connectivity index (χ3v) is 2.78. The number of carbonyl (C=O) groups excluding carboxylic acids is 1. The fourth-order valence-corrected chi connectivity index (χ4v) is 1.74. The minimum absolute atomic E-state index is 0.358. The van der Waals surface area contributed by atoms with Gasteiger partial charge in [0.1, 0.15) is 6.10 Å². The average Bonchev–Trinajstić information content (AvgIpc) is 2.27. The Labute approximate surface area is 107 Å². The Bertz CT molecular complexity index is 398. The topological polar surface area (TPSA) is 66.8 Å². The molecule has 0 spiro atoms. The van der Waals surface area contributed by atoms with E-state index < -0.39 is 18.3 Å². The highest BCUT2D eigenvalue weighted by Gasteiger charge is 2.14. The molecular formula is C14H20O4. The van der Waals surface area contributed by atoms with Gasteiger partial charge in [-0.05, 0) is 49.6 Å². The van der Waals surface area contributed by atoms with Crippen molar-refractivity contribution in [3.63, 3.8) is 0 Å². The number of rotatable bonds is 4. The molecule has 0 unspecified atom stereocenters. The van der Waals surface area contributed by atoms with E-state index in [1.54, 1.807) is 39.0 Å². The van der Waals surface area contributed by atoms with Crippen LogP contribution in [0.5, 0.6) is 0 Å². The second-order valence-electron chi connectivity index (χ2n) is 4.54. The highest BCUT2D eigenvalue weighted by Crippen LogP contribution is 2.26. The molecule has 0 aliphatic carbocycles. The Morgan fingerprint density at radius 3 is 1.72 bits per heavy atom. The molecule has 0 saturated carbocycles. The van der Waals surface area contributed by atoms with Gasteiger partial charge >= 0.3 is 5.97 Å². The molecule has 3 atom stereocenters. The SMILES string of the molecule is CC(=O)O[C@H](C)c1cc([C@H](C)O)cc([C@@H](C)O)c1. The molecule has 0 aliphatic heterocycles. The minimum atomic E-state index is -0.632. The number of ether oxygens (including phenoxy) is 1. The maximum Gasteiger partial charge on any atom is 0.303 e. The highest BCUT2D eigenvalue weighted by atomic mass is 16.5. The van der Waals surface area contributed by atoms with Crippen molar-refractivity contribution < 1.29 is 19.7 Å². The van der Waals surface area contributed by atoms with E-state index in [0.717, 1.165) is 5.56 Å². The van der Waals surface area contributed by atoms with E-state index in [1.807, 2.05) is 0 Å². The van der Waals surface area contributed by atoms with Gasteiger partial charge in [-0.25, -0.2) is 0 Å². The number of hydrogen-bond donors (Lipinski definition) is 2. The summed E-state index contributed by atoms with van der Waals surface area (Å²) in [5.74, 6) is -0.358. The first kappa shape index (κ1) is 14.7. The lowest BCUT2D eigenvalue weighted by atomic mass is 9.98. The van der Waals surface area contributed by atoms with Crippen LogP contribution in [0.3, 0.4) is 0 Å². The molecule has 0 amide bonds. The Balaban J connectivity index is 3.14. The van der Waals surface area contributed by atoms with Gasteiger partial charge in [-0.15, -0.1) is 0 Å². The maximum atomic E-state index is 10.9. The molecule has 4 heteroatoms. The average molecular weight is 252 g/mol. The number of esters is 1. The van der Waals surface area contributed by atoms with Crippen LogP contribution in [0.15, 0.2) is 18.2 Å². The van der Waals surface area contributed by atoms with E-state index in [1.165, 1.54) is 6.92 Å². The molecule has 1 aromatic rings. The Hall–Kier alpha value is -1.39. The van der Waals surface area contributed by atoms with Crippen molar-refractivity contribution in [2.45, 2.75) is 46.0 Å². The van der Waals surface area contributed by atoms with E-state index in [0.29, 0.717) is 11.1 Å². The summed E-state index contributed by atoms with van der Waals surface area (Å²) in [5.41, 5.74) is 2.16. The normalized spacial score (nSPS) is 15.9. The number of aliphatic hydroxyl groups is 2. The van der Waals surface area contributed by atoms with E-state index >= 15 is 0 Å². The quantitative estimate of drug-likeness (QED) is 0.808. The summed E-state index contributed by atoms with van der Waals surface area (Å²) in [5, 5.41) is 19.3. The van der Waals surface area contributed by atoms with Crippen molar-refractivity contribution >= 4 is 5.97 Å². The molecule has 0 fully saturated rings. The molecular weight excluding hydrogens is 232 g/mol. The lowest BCUT2D eigenvalue weighted by Crippen LogP contribution is -2.07. The first-order valence-corrected chi connectivity index (χ1v) is 5.99. The van der Waals surface area contributed by atoms with Gasteiger partial charge in [0.15, 0.2) is 0 Å². The number of aliphatic hydroxyl groups excluding tert-OH is 2. The van der Waals surface area contributed by atoms with Gasteiger partial charge in [0.25, 0.3) is 0 Å². The van der Waals surface area contributed by atoms with Gasteiger partial charge in [0.05, 0.1) is 12.2 Å². The van der Waals surface area contributed by atoms with Crippen molar-refractivity contribution in [3.05, 3.63) is 34.9 Å². The number of hydrogen-bond acceptors (Lipinski definition) is 4. The van der Waals surface area contributed by atoms with Gasteiger partial charge in [-0.1, -0.05) is 6.07 Å². The number of carbonyl (C=O) groups is 1. The van der Waals surface area contributed by atoms with E-state index in [-0.39, 0.29) is 5.97 Å². The summed E-state index contributed by atoms with van der Waals surface area (Å²) >= 11 is 0. The summed E-state index contributed by atoms with van der Waals surface area (Å²) in [6.07, 6.45) is -1.67. The zero-order valence-corrected chi connectivity index (χ0v) is 11.2. The molecule has 0 aliphatic rings. The molecule has 0 bridgehead atoms. The van der Waals surface area contributed by atoms with Crippen LogP contribution in [0.25, 0.3) is 0 Å². The summed E-state index contributed by atoms with van der Waals surface area (Å²) < 4.78 is 5.10. The Morgan fingerprint density at radius 2 is 1.39 bits per heavy atom. The van der Waals surface area contributed by atoms with Crippen LogP contribution in [-0.2, 0) is 9.53 Å². The van der Waals surface area contributed by atoms with Gasteiger partial charge in [0, 0.05) is 6.92 Å². The molecule has 100 valence electrons. The zero-order valence-electron chi connectivity index (χ0n) is 11.2. The standard InChI is InChI=1S/C14H20O4/c1-8(15)12-5-13(9(2)16)7-14(6-12)10(3)18-11(4)17/h5-10,15-16H,1-4H3/t8-,9+,10-/m1/s1. The lowest BCUT2D eigenvalue weighted by Gasteiger charge is -2.17. The van der Waals surface area contributed by atoms with E-state index in [4.69, 9.17) is 4.74 Å². The lowest BCUT2D eigenvalue weighted by molar-refractivity contribution is -0.145. The Morgan fingerprint density at radius 1 is 1.00 bits per heavy atom. The second-order valence-corrected chi connectivity index (χ2v) is 4.54. The van der Waals surface area contributed by atoms with Crippen LogP contribution < -0.4 is 0 Å². The molecule has 2 N–H and O–H groups in total. The van der Waals surface area contributed by atoms with Crippen molar-refractivity contribution in [2.75, 3.05) is 0 Å². The van der Waals surface area contributed by atoms with E-state index in [9.17, 15) is 15.0 Å². The second kappa shape index (κ2) is 5.98. The fraction of sp³-hybridized carbons (Fsp3) is 0.500. The first-order valence-electron chi connectivity index (χ1n) is 5.99. The van der Waals surface area contributed by atoms with Crippen LogP contribution in [0.1, 0.15) is 62.7 Å². The number of benzene rings is 1. The third kappa shape index (κ3) is 3.82.